The zero-order chi connectivity index (χ0) is 21.1. The number of pyridine rings is 1. The summed E-state index contributed by atoms with van der Waals surface area (Å²) in [5, 5.41) is 10.8. The minimum atomic E-state index is -4.45. The highest BCUT2D eigenvalue weighted by Gasteiger charge is 2.27. The van der Waals surface area contributed by atoms with Crippen molar-refractivity contribution in [1.29, 1.82) is 0 Å². The highest BCUT2D eigenvalue weighted by atomic mass is 19.4. The van der Waals surface area contributed by atoms with E-state index in [1.165, 1.54) is 12.3 Å². The van der Waals surface area contributed by atoms with Crippen LogP contribution in [-0.4, -0.2) is 21.4 Å². The first-order chi connectivity index (χ1) is 13.0. The number of nitrogens with zero attached hydrogens (tertiary/aromatic N) is 2. The van der Waals surface area contributed by atoms with Crippen LogP contribution in [0.15, 0.2) is 35.3 Å². The molecular weight excluding hydrogens is 386 g/mol. The Morgan fingerprint density at radius 2 is 1.89 bits per heavy atom. The Labute approximate surface area is 155 Å². The summed E-state index contributed by atoms with van der Waals surface area (Å²) in [6, 6.07) is 4.01. The van der Waals surface area contributed by atoms with E-state index in [4.69, 9.17) is 5.73 Å². The van der Waals surface area contributed by atoms with Gasteiger partial charge < -0.3 is 10.3 Å². The van der Waals surface area contributed by atoms with E-state index in [2.05, 4.69) is 0 Å². The van der Waals surface area contributed by atoms with Crippen LogP contribution in [0.2, 0.25) is 0 Å². The molecule has 0 atom stereocenters. The van der Waals surface area contributed by atoms with Crippen molar-refractivity contribution in [2.45, 2.75) is 32.0 Å². The Hall–Kier alpha value is -3.24. The molecule has 7 nitrogen and oxygen atoms in total. The first-order valence-corrected chi connectivity index (χ1v) is 7.97. The van der Waals surface area contributed by atoms with Crippen molar-refractivity contribution in [1.82, 2.24) is 4.57 Å². The molecule has 0 saturated heterocycles. The minimum absolute atomic E-state index is 0.0133. The summed E-state index contributed by atoms with van der Waals surface area (Å²) in [4.78, 5) is 34.0. The van der Waals surface area contributed by atoms with Gasteiger partial charge in [-0.1, -0.05) is 0 Å². The number of alkyl halides is 3. The lowest BCUT2D eigenvalue weighted by molar-refractivity contribution is -0.386. The van der Waals surface area contributed by atoms with Gasteiger partial charge in [-0.15, -0.1) is 0 Å². The van der Waals surface area contributed by atoms with Crippen LogP contribution in [0, 0.1) is 15.9 Å². The molecule has 150 valence electrons. The summed E-state index contributed by atoms with van der Waals surface area (Å²) in [5.41, 5.74) is 3.85. The van der Waals surface area contributed by atoms with Gasteiger partial charge in [0.2, 0.25) is 0 Å². The third-order valence-corrected chi connectivity index (χ3v) is 3.93. The van der Waals surface area contributed by atoms with Gasteiger partial charge in [0.15, 0.2) is 5.78 Å². The van der Waals surface area contributed by atoms with Gasteiger partial charge in [0.05, 0.1) is 11.5 Å². The molecule has 0 unspecified atom stereocenters. The Morgan fingerprint density at radius 3 is 2.50 bits per heavy atom. The molecule has 0 fully saturated rings. The lowest BCUT2D eigenvalue weighted by Crippen LogP contribution is -2.26. The summed E-state index contributed by atoms with van der Waals surface area (Å²) in [5.74, 6) is -1.47. The van der Waals surface area contributed by atoms with E-state index in [1.807, 2.05) is 0 Å². The van der Waals surface area contributed by atoms with Crippen molar-refractivity contribution in [2.24, 2.45) is 0 Å². The number of Topliss-reactive ketones (excluding diaryl/α,β-unsaturated/α-hetero) is 1. The fourth-order valence-electron chi connectivity index (χ4n) is 2.61. The Morgan fingerprint density at radius 1 is 1.25 bits per heavy atom. The molecule has 0 amide bonds. The maximum Gasteiger partial charge on any atom is 0.389 e. The summed E-state index contributed by atoms with van der Waals surface area (Å²) in [6.45, 7) is -0.533. The van der Waals surface area contributed by atoms with Gasteiger partial charge >= 0.3 is 17.4 Å². The number of nitrogens with two attached hydrogens (primary N) is 1. The number of aromatic nitrogens is 1. The number of ketones is 1. The highest BCUT2D eigenvalue weighted by Crippen LogP contribution is 2.27. The van der Waals surface area contributed by atoms with Crippen molar-refractivity contribution in [2.75, 3.05) is 5.73 Å². The monoisotopic (exact) mass is 401 g/mol. The SMILES string of the molecule is Nc1c(CCC(F)(F)F)cc(F)cc1CC(=O)Cn1cccc([N+](=O)[O-])c1=O. The molecule has 11 heteroatoms. The van der Waals surface area contributed by atoms with E-state index < -0.39 is 59.8 Å². The number of hydrogen-bond donors (Lipinski definition) is 1. The Balaban J connectivity index is 2.21. The predicted molar refractivity (Wildman–Crippen MR) is 91.3 cm³/mol. The minimum Gasteiger partial charge on any atom is -0.398 e. The third-order valence-electron chi connectivity index (χ3n) is 3.93. The molecule has 1 heterocycles. The van der Waals surface area contributed by atoms with Crippen LogP contribution in [0.1, 0.15) is 17.5 Å². The van der Waals surface area contributed by atoms with Crippen LogP contribution in [0.5, 0.6) is 0 Å². The topological polar surface area (TPSA) is 108 Å². The van der Waals surface area contributed by atoms with Gasteiger partial charge in [0.1, 0.15) is 5.82 Å². The highest BCUT2D eigenvalue weighted by molar-refractivity contribution is 5.82. The van der Waals surface area contributed by atoms with Crippen molar-refractivity contribution in [3.8, 4) is 0 Å². The molecule has 0 radical (unpaired) electrons. The number of nitrogen functional groups attached to an aromatic ring is 1. The van der Waals surface area contributed by atoms with Crippen LogP contribution < -0.4 is 11.3 Å². The molecule has 0 saturated carbocycles. The molecule has 0 spiro atoms. The molecule has 2 rings (SSSR count). The van der Waals surface area contributed by atoms with Crippen LogP contribution in [0.3, 0.4) is 0 Å². The smallest absolute Gasteiger partial charge is 0.389 e. The molecule has 0 aliphatic rings. The van der Waals surface area contributed by atoms with E-state index in [1.54, 1.807) is 0 Å². The second kappa shape index (κ2) is 8.19. The van der Waals surface area contributed by atoms with Crippen molar-refractivity contribution in [3.63, 3.8) is 0 Å². The van der Waals surface area contributed by atoms with Gasteiger partial charge in [-0.25, -0.2) is 4.39 Å². The third kappa shape index (κ3) is 5.38. The Bertz CT molecular complexity index is 970. The zero-order valence-corrected chi connectivity index (χ0v) is 14.3. The number of rotatable bonds is 7. The van der Waals surface area contributed by atoms with Crippen LogP contribution in [0.4, 0.5) is 28.9 Å². The number of carbonyl (C=O) groups is 1. The predicted octanol–water partition coefficient (Wildman–Crippen LogP) is 2.78. The fourth-order valence-corrected chi connectivity index (χ4v) is 2.61. The number of anilines is 1. The number of hydrogen-bond acceptors (Lipinski definition) is 5. The van der Waals surface area contributed by atoms with Crippen molar-refractivity contribution < 1.29 is 27.3 Å². The normalized spacial score (nSPS) is 11.4. The van der Waals surface area contributed by atoms with E-state index in [0.29, 0.717) is 0 Å². The van der Waals surface area contributed by atoms with Crippen molar-refractivity contribution in [3.05, 3.63) is 67.9 Å². The van der Waals surface area contributed by atoms with Gasteiger partial charge in [0, 0.05) is 30.8 Å². The average molecular weight is 401 g/mol. The number of benzene rings is 1. The van der Waals surface area contributed by atoms with Crippen LogP contribution in [0.25, 0.3) is 0 Å². The first kappa shape index (κ1) is 21.1. The molecule has 1 aromatic carbocycles. The standard InChI is InChI=1S/C17H15F4N3O4/c18-12-6-10(3-4-17(19,20)21)15(22)11(7-12)8-13(25)9-23-5-1-2-14(16(23)26)24(27)28/h1-2,5-7H,3-4,8-9,22H2. The molecule has 2 N–H and O–H groups in total. The summed E-state index contributed by atoms with van der Waals surface area (Å²) >= 11 is 0. The van der Waals surface area contributed by atoms with E-state index in [-0.39, 0.29) is 16.8 Å². The molecule has 0 aliphatic heterocycles. The zero-order valence-electron chi connectivity index (χ0n) is 14.3. The number of carbonyl (C=O) groups excluding carboxylic acids is 1. The van der Waals surface area contributed by atoms with Gasteiger partial charge in [-0.05, 0) is 35.7 Å². The van der Waals surface area contributed by atoms with Crippen molar-refractivity contribution >= 4 is 17.2 Å². The molecule has 1 aromatic heterocycles. The molecule has 2 aromatic rings. The average Bonchev–Trinajstić information content (AvgIpc) is 2.57. The summed E-state index contributed by atoms with van der Waals surface area (Å²) < 4.78 is 51.7. The number of halogens is 4. The molecule has 28 heavy (non-hydrogen) atoms. The maximum atomic E-state index is 13.7. The maximum absolute atomic E-state index is 13.7. The first-order valence-electron chi connectivity index (χ1n) is 7.97. The van der Waals surface area contributed by atoms with E-state index in [0.717, 1.165) is 22.8 Å². The molecular formula is C17H15F4N3O4. The van der Waals surface area contributed by atoms with Crippen LogP contribution in [-0.2, 0) is 24.2 Å². The number of nitro groups is 1. The largest absolute Gasteiger partial charge is 0.398 e. The van der Waals surface area contributed by atoms with Crippen LogP contribution >= 0.6 is 0 Å². The second-order valence-corrected chi connectivity index (χ2v) is 6.05. The second-order valence-electron chi connectivity index (χ2n) is 6.05. The number of aryl methyl sites for hydroxylation is 1. The van der Waals surface area contributed by atoms with Gasteiger partial charge in [0.25, 0.3) is 0 Å². The molecule has 0 aliphatic carbocycles. The summed E-state index contributed by atoms with van der Waals surface area (Å²) in [7, 11) is 0. The van der Waals surface area contributed by atoms with E-state index in [9.17, 15) is 37.3 Å². The fraction of sp³-hybridized carbons (Fsp3) is 0.294. The lowest BCUT2D eigenvalue weighted by Gasteiger charge is -2.13. The lowest BCUT2D eigenvalue weighted by atomic mass is 9.99. The van der Waals surface area contributed by atoms with Gasteiger partial charge in [-0.3, -0.25) is 19.7 Å². The Kier molecular flexibility index (Phi) is 6.16. The summed E-state index contributed by atoms with van der Waals surface area (Å²) in [6.07, 6.45) is -5.46. The molecule has 0 bridgehead atoms. The van der Waals surface area contributed by atoms with E-state index >= 15 is 0 Å². The van der Waals surface area contributed by atoms with Gasteiger partial charge in [-0.2, -0.15) is 13.2 Å². The quantitative estimate of drug-likeness (QED) is 0.332.